The summed E-state index contributed by atoms with van der Waals surface area (Å²) in [5.74, 6) is 0.851. The van der Waals surface area contributed by atoms with Crippen LogP contribution in [0.2, 0.25) is 0 Å². The number of para-hydroxylation sites is 1. The van der Waals surface area contributed by atoms with E-state index in [-0.39, 0.29) is 0 Å². The van der Waals surface area contributed by atoms with Crippen LogP contribution in [0.4, 0.5) is 5.82 Å². The summed E-state index contributed by atoms with van der Waals surface area (Å²) in [6, 6.07) is 8.42. The molecule has 0 atom stereocenters. The van der Waals surface area contributed by atoms with Gasteiger partial charge in [0, 0.05) is 29.8 Å². The molecule has 0 amide bonds. The maximum absolute atomic E-state index is 4.38. The van der Waals surface area contributed by atoms with Gasteiger partial charge in [-0.2, -0.15) is 0 Å². The van der Waals surface area contributed by atoms with Crippen LogP contribution in [0.25, 0.3) is 10.9 Å². The van der Waals surface area contributed by atoms with E-state index in [2.05, 4.69) is 50.7 Å². The van der Waals surface area contributed by atoms with Crippen molar-refractivity contribution in [3.63, 3.8) is 0 Å². The van der Waals surface area contributed by atoms with Crippen LogP contribution in [0.15, 0.2) is 42.9 Å². The minimum Gasteiger partial charge on any atom is -0.369 e. The highest BCUT2D eigenvalue weighted by molar-refractivity contribution is 5.82. The summed E-state index contributed by atoms with van der Waals surface area (Å²) in [6.07, 6.45) is 7.75. The van der Waals surface area contributed by atoms with E-state index in [0.717, 1.165) is 30.9 Å². The molecule has 4 heteroatoms. The molecule has 0 aliphatic heterocycles. The molecule has 3 rings (SSSR count). The number of fused-ring (bicyclic) bond motifs is 1. The average molecular weight is 266 g/mol. The van der Waals surface area contributed by atoms with Crippen LogP contribution in [-0.2, 0) is 6.42 Å². The lowest BCUT2D eigenvalue weighted by Gasteiger charge is -2.05. The first-order chi connectivity index (χ1) is 9.83. The van der Waals surface area contributed by atoms with Crippen molar-refractivity contribution in [2.45, 2.75) is 19.8 Å². The molecule has 0 aliphatic rings. The summed E-state index contributed by atoms with van der Waals surface area (Å²) >= 11 is 0. The molecule has 20 heavy (non-hydrogen) atoms. The second kappa shape index (κ2) is 5.74. The Labute approximate surface area is 118 Å². The minimum absolute atomic E-state index is 0.851. The third-order valence-corrected chi connectivity index (χ3v) is 3.36. The van der Waals surface area contributed by atoms with E-state index in [1.807, 2.05) is 6.92 Å². The zero-order chi connectivity index (χ0) is 13.8. The van der Waals surface area contributed by atoms with E-state index in [9.17, 15) is 0 Å². The highest BCUT2D eigenvalue weighted by Gasteiger charge is 2.02. The zero-order valence-corrected chi connectivity index (χ0v) is 11.6. The molecule has 2 heterocycles. The second-order valence-corrected chi connectivity index (χ2v) is 4.94. The van der Waals surface area contributed by atoms with Gasteiger partial charge in [-0.25, -0.2) is 4.98 Å². The molecule has 0 saturated carbocycles. The molecule has 0 radical (unpaired) electrons. The van der Waals surface area contributed by atoms with Gasteiger partial charge in [0.2, 0.25) is 0 Å². The topological polar surface area (TPSA) is 53.6 Å². The van der Waals surface area contributed by atoms with Gasteiger partial charge in [0.25, 0.3) is 0 Å². The lowest BCUT2D eigenvalue weighted by molar-refractivity contribution is 0.861. The molecule has 2 N–H and O–H groups in total. The third-order valence-electron chi connectivity index (χ3n) is 3.36. The third kappa shape index (κ3) is 2.79. The molecule has 1 aromatic carbocycles. The Balaban J connectivity index is 1.55. The molecule has 0 aliphatic carbocycles. The zero-order valence-electron chi connectivity index (χ0n) is 11.6. The van der Waals surface area contributed by atoms with E-state index >= 15 is 0 Å². The fraction of sp³-hybridized carbons (Fsp3) is 0.250. The summed E-state index contributed by atoms with van der Waals surface area (Å²) in [5.41, 5.74) is 3.52. The normalized spacial score (nSPS) is 10.8. The number of aromatic nitrogens is 3. The molecule has 0 spiro atoms. The molecular weight excluding hydrogens is 248 g/mol. The van der Waals surface area contributed by atoms with Crippen LogP contribution in [0.3, 0.4) is 0 Å². The van der Waals surface area contributed by atoms with Crippen molar-refractivity contribution < 1.29 is 0 Å². The Morgan fingerprint density at radius 1 is 1.20 bits per heavy atom. The number of aryl methyl sites for hydroxylation is 2. The Morgan fingerprint density at radius 3 is 3.00 bits per heavy atom. The number of hydrogen-bond acceptors (Lipinski definition) is 3. The Hall–Kier alpha value is -2.36. The summed E-state index contributed by atoms with van der Waals surface area (Å²) in [4.78, 5) is 11.8. The van der Waals surface area contributed by atoms with Crippen LogP contribution in [0.5, 0.6) is 0 Å². The fourth-order valence-electron chi connectivity index (χ4n) is 2.38. The van der Waals surface area contributed by atoms with E-state index < -0.39 is 0 Å². The molecule has 2 aromatic heterocycles. The van der Waals surface area contributed by atoms with E-state index in [1.54, 1.807) is 12.4 Å². The van der Waals surface area contributed by atoms with Crippen LogP contribution in [-0.4, -0.2) is 21.5 Å². The predicted molar refractivity (Wildman–Crippen MR) is 81.9 cm³/mol. The SMILES string of the molecule is Cc1cncc(NCCCc2c[nH]c3ccccc23)n1. The number of aromatic amines is 1. The Morgan fingerprint density at radius 2 is 2.10 bits per heavy atom. The number of nitrogens with one attached hydrogen (secondary N) is 2. The van der Waals surface area contributed by atoms with Gasteiger partial charge in [-0.1, -0.05) is 18.2 Å². The first kappa shape index (κ1) is 12.7. The molecular formula is C16H18N4. The van der Waals surface area contributed by atoms with Crippen molar-refractivity contribution in [2.24, 2.45) is 0 Å². The number of benzene rings is 1. The molecule has 0 unspecified atom stereocenters. The number of rotatable bonds is 5. The number of nitrogens with zero attached hydrogens (tertiary/aromatic N) is 2. The maximum atomic E-state index is 4.38. The van der Waals surface area contributed by atoms with E-state index in [1.165, 1.54) is 16.5 Å². The van der Waals surface area contributed by atoms with Crippen molar-refractivity contribution in [1.82, 2.24) is 15.0 Å². The first-order valence-electron chi connectivity index (χ1n) is 6.90. The van der Waals surface area contributed by atoms with Gasteiger partial charge in [-0.05, 0) is 31.4 Å². The second-order valence-electron chi connectivity index (χ2n) is 4.94. The first-order valence-corrected chi connectivity index (χ1v) is 6.90. The predicted octanol–water partition coefficient (Wildman–Crippen LogP) is 3.31. The van der Waals surface area contributed by atoms with Crippen molar-refractivity contribution in [1.29, 1.82) is 0 Å². The van der Waals surface area contributed by atoms with Crippen molar-refractivity contribution in [3.8, 4) is 0 Å². The molecule has 4 nitrogen and oxygen atoms in total. The van der Waals surface area contributed by atoms with Crippen LogP contribution in [0.1, 0.15) is 17.7 Å². The van der Waals surface area contributed by atoms with Crippen molar-refractivity contribution >= 4 is 16.7 Å². The van der Waals surface area contributed by atoms with Gasteiger partial charge in [-0.15, -0.1) is 0 Å². The van der Waals surface area contributed by atoms with E-state index in [4.69, 9.17) is 0 Å². The van der Waals surface area contributed by atoms with Gasteiger partial charge < -0.3 is 10.3 Å². The molecule has 3 aromatic rings. The monoisotopic (exact) mass is 266 g/mol. The number of anilines is 1. The standard InChI is InChI=1S/C16H18N4/c1-12-9-17-11-16(20-12)18-8-4-5-13-10-19-15-7-3-2-6-14(13)15/h2-3,6-7,9-11,19H,4-5,8H2,1H3,(H,18,20). The Bertz CT molecular complexity index is 702. The maximum Gasteiger partial charge on any atom is 0.144 e. The number of H-pyrrole nitrogens is 1. The van der Waals surface area contributed by atoms with Gasteiger partial charge >= 0.3 is 0 Å². The largest absolute Gasteiger partial charge is 0.369 e. The summed E-state index contributed by atoms with van der Waals surface area (Å²) in [6.45, 7) is 2.85. The highest BCUT2D eigenvalue weighted by Crippen LogP contribution is 2.18. The molecule has 0 bridgehead atoms. The van der Waals surface area contributed by atoms with Crippen LogP contribution in [0, 0.1) is 6.92 Å². The fourth-order valence-corrected chi connectivity index (χ4v) is 2.38. The lowest BCUT2D eigenvalue weighted by atomic mass is 10.1. The van der Waals surface area contributed by atoms with Crippen LogP contribution < -0.4 is 5.32 Å². The van der Waals surface area contributed by atoms with Crippen molar-refractivity contribution in [3.05, 3.63) is 54.1 Å². The lowest BCUT2D eigenvalue weighted by Crippen LogP contribution is -2.05. The van der Waals surface area contributed by atoms with Gasteiger partial charge in [0.05, 0.1) is 11.9 Å². The number of hydrogen-bond donors (Lipinski definition) is 2. The van der Waals surface area contributed by atoms with Crippen molar-refractivity contribution in [2.75, 3.05) is 11.9 Å². The van der Waals surface area contributed by atoms with Crippen LogP contribution >= 0.6 is 0 Å². The van der Waals surface area contributed by atoms with Gasteiger partial charge in [0.15, 0.2) is 0 Å². The average Bonchev–Trinajstić information content (AvgIpc) is 2.87. The molecule has 102 valence electrons. The van der Waals surface area contributed by atoms with Gasteiger partial charge in [-0.3, -0.25) is 4.98 Å². The van der Waals surface area contributed by atoms with E-state index in [0.29, 0.717) is 0 Å². The highest BCUT2D eigenvalue weighted by atomic mass is 15.0. The van der Waals surface area contributed by atoms with Gasteiger partial charge in [0.1, 0.15) is 5.82 Å². The summed E-state index contributed by atoms with van der Waals surface area (Å²) in [5, 5.41) is 4.63. The Kier molecular flexibility index (Phi) is 3.63. The quantitative estimate of drug-likeness (QED) is 0.697. The molecule has 0 saturated heterocycles. The molecule has 0 fully saturated rings. The smallest absolute Gasteiger partial charge is 0.144 e. The summed E-state index contributed by atoms with van der Waals surface area (Å²) in [7, 11) is 0. The summed E-state index contributed by atoms with van der Waals surface area (Å²) < 4.78 is 0. The minimum atomic E-state index is 0.851.